The van der Waals surface area contributed by atoms with Crippen molar-refractivity contribution in [1.82, 2.24) is 15.2 Å². The topological polar surface area (TPSA) is 94.0 Å². The largest absolute Gasteiger partial charge is 0.410 e. The molecule has 1 heterocycles. The van der Waals surface area contributed by atoms with Crippen LogP contribution in [-0.2, 0) is 0 Å². The van der Waals surface area contributed by atoms with Gasteiger partial charge in [-0.05, 0) is 23.4 Å². The highest BCUT2D eigenvalue weighted by molar-refractivity contribution is 5.96. The molecule has 6 nitrogen and oxygen atoms in total. The molecule has 6 heteroatoms. The highest BCUT2D eigenvalue weighted by atomic mass is 16.5. The maximum absolute atomic E-state index is 10.8. The van der Waals surface area contributed by atoms with Gasteiger partial charge in [-0.25, -0.2) is 0 Å². The summed E-state index contributed by atoms with van der Waals surface area (Å²) < 4.78 is 0. The Bertz CT molecular complexity index is 476. The predicted octanol–water partition coefficient (Wildman–Crippen LogP) is -0.233. The molecule has 1 aromatic heterocycles. The van der Waals surface area contributed by atoms with Gasteiger partial charge in [0.2, 0.25) is 5.91 Å². The van der Waals surface area contributed by atoms with Crippen molar-refractivity contribution >= 4 is 16.9 Å². The van der Waals surface area contributed by atoms with Crippen LogP contribution < -0.4 is 5.73 Å². The minimum Gasteiger partial charge on any atom is -0.410 e. The zero-order valence-corrected chi connectivity index (χ0v) is 6.51. The van der Waals surface area contributed by atoms with Crippen LogP contribution in [0.25, 0.3) is 11.0 Å². The summed E-state index contributed by atoms with van der Waals surface area (Å²) in [5.41, 5.74) is 6.26. The Morgan fingerprint density at radius 1 is 1.54 bits per heavy atom. The fourth-order valence-corrected chi connectivity index (χ4v) is 1.06. The van der Waals surface area contributed by atoms with Crippen molar-refractivity contribution in [3.63, 3.8) is 0 Å². The van der Waals surface area contributed by atoms with Crippen molar-refractivity contribution in [2.45, 2.75) is 0 Å². The van der Waals surface area contributed by atoms with Crippen LogP contribution in [0.4, 0.5) is 0 Å². The minimum absolute atomic E-state index is 0.341. The maximum atomic E-state index is 10.8. The fraction of sp³-hybridized carbons (Fsp3) is 0. The van der Waals surface area contributed by atoms with Crippen LogP contribution in [0, 0.1) is 0 Å². The molecule has 0 radical (unpaired) electrons. The molecule has 2 rings (SSSR count). The molecule has 3 N–H and O–H groups in total. The van der Waals surface area contributed by atoms with Crippen molar-refractivity contribution in [3.8, 4) is 0 Å². The van der Waals surface area contributed by atoms with Crippen molar-refractivity contribution in [2.75, 3.05) is 0 Å². The van der Waals surface area contributed by atoms with Crippen LogP contribution in [0.5, 0.6) is 0 Å². The number of nitrogens with zero attached hydrogens (tertiary/aromatic N) is 3. The zero-order valence-electron chi connectivity index (χ0n) is 6.51. The van der Waals surface area contributed by atoms with Gasteiger partial charge in [-0.15, -0.1) is 5.10 Å². The molecule has 1 aromatic carbocycles. The van der Waals surface area contributed by atoms with Gasteiger partial charge in [0.1, 0.15) is 11.0 Å². The van der Waals surface area contributed by atoms with E-state index in [2.05, 4.69) is 10.3 Å². The van der Waals surface area contributed by atoms with Gasteiger partial charge in [-0.1, -0.05) is 4.85 Å². The van der Waals surface area contributed by atoms with E-state index in [4.69, 9.17) is 10.9 Å². The van der Waals surface area contributed by atoms with Crippen LogP contribution >= 0.6 is 0 Å². The summed E-state index contributed by atoms with van der Waals surface area (Å²) in [6, 6.07) is 4.49. The Balaban J connectivity index is 2.70. The number of rotatable bonds is 1. The lowest BCUT2D eigenvalue weighted by atomic mass is 10.2. The third-order valence-electron chi connectivity index (χ3n) is 1.71. The number of hydrogen-bond acceptors (Lipinski definition) is 4. The normalized spacial score (nSPS) is 10.5. The molecule has 0 saturated heterocycles. The number of nitrogens with two attached hydrogens (primary N) is 1. The smallest absolute Gasteiger partial charge is 0.248 e. The van der Waals surface area contributed by atoms with E-state index in [0.29, 0.717) is 21.4 Å². The van der Waals surface area contributed by atoms with Crippen LogP contribution in [0.2, 0.25) is 0 Å². The molecular weight excluding hydrogens is 172 g/mol. The Hall–Kier alpha value is -2.11. The average Bonchev–Trinajstić information content (AvgIpc) is 2.47. The molecule has 0 aliphatic rings. The molecule has 0 aliphatic heterocycles. The van der Waals surface area contributed by atoms with Crippen LogP contribution in [-0.4, -0.2) is 26.3 Å². The van der Waals surface area contributed by atoms with Crippen LogP contribution in [0.1, 0.15) is 10.4 Å². The Morgan fingerprint density at radius 3 is 3.00 bits per heavy atom. The third-order valence-corrected chi connectivity index (χ3v) is 1.71. The Labute approximate surface area is 72.5 Å². The van der Waals surface area contributed by atoms with E-state index in [9.17, 15) is 4.79 Å². The second kappa shape index (κ2) is 2.44. The number of carbonyl (C=O) groups excluding carboxylic acids is 1. The van der Waals surface area contributed by atoms with Crippen molar-refractivity contribution in [3.05, 3.63) is 23.8 Å². The maximum Gasteiger partial charge on any atom is 0.248 e. The first-order valence-electron chi connectivity index (χ1n) is 3.53. The third kappa shape index (κ3) is 1.08. The number of primary amides is 1. The van der Waals surface area contributed by atoms with Crippen LogP contribution in [0.15, 0.2) is 18.2 Å². The van der Waals surface area contributed by atoms with Crippen molar-refractivity contribution in [1.29, 1.82) is 0 Å². The summed E-state index contributed by atoms with van der Waals surface area (Å²) in [6.07, 6.45) is 0. The van der Waals surface area contributed by atoms with Gasteiger partial charge in [0.15, 0.2) is 0 Å². The van der Waals surface area contributed by atoms with Gasteiger partial charge in [-0.3, -0.25) is 4.79 Å². The summed E-state index contributed by atoms with van der Waals surface area (Å²) in [7, 11) is 0. The number of benzene rings is 1. The number of amides is 1. The highest BCUT2D eigenvalue weighted by Crippen LogP contribution is 2.11. The first kappa shape index (κ1) is 7.53. The minimum atomic E-state index is -0.533. The summed E-state index contributed by atoms with van der Waals surface area (Å²) in [4.78, 5) is 11.4. The number of carbonyl (C=O) groups is 1. The lowest BCUT2D eigenvalue weighted by molar-refractivity contribution is 0.100. The molecule has 0 saturated carbocycles. The van der Waals surface area contributed by atoms with E-state index < -0.39 is 5.91 Å². The van der Waals surface area contributed by atoms with E-state index in [0.717, 1.165) is 0 Å². The average molecular weight is 178 g/mol. The van der Waals surface area contributed by atoms with Gasteiger partial charge >= 0.3 is 0 Å². The predicted molar refractivity (Wildman–Crippen MR) is 43.2 cm³/mol. The lowest BCUT2D eigenvalue weighted by Crippen LogP contribution is -2.10. The summed E-state index contributed by atoms with van der Waals surface area (Å²) in [5, 5.41) is 16.1. The number of fused-ring (bicyclic) bond motifs is 1. The molecule has 0 fully saturated rings. The quantitative estimate of drug-likeness (QED) is 0.589. The van der Waals surface area contributed by atoms with Crippen molar-refractivity contribution < 1.29 is 10.0 Å². The van der Waals surface area contributed by atoms with Crippen molar-refractivity contribution in [2.24, 2.45) is 5.73 Å². The standard InChI is InChI=1S/C7H6N4O2/c8-7(12)4-1-2-6-5(3-4)9-10-11(6)13/h1-3,13H,(H2,8,12). The van der Waals surface area contributed by atoms with Gasteiger partial charge < -0.3 is 10.9 Å². The molecule has 0 aliphatic carbocycles. The van der Waals surface area contributed by atoms with Crippen LogP contribution in [0.3, 0.4) is 0 Å². The summed E-state index contributed by atoms with van der Waals surface area (Å²) >= 11 is 0. The van der Waals surface area contributed by atoms with Gasteiger partial charge in [0.05, 0.1) is 0 Å². The van der Waals surface area contributed by atoms with E-state index in [1.807, 2.05) is 0 Å². The molecule has 66 valence electrons. The fourth-order valence-electron chi connectivity index (χ4n) is 1.06. The molecule has 0 bridgehead atoms. The molecule has 0 unspecified atom stereocenters. The molecule has 13 heavy (non-hydrogen) atoms. The molecule has 2 aromatic rings. The number of hydrogen-bond donors (Lipinski definition) is 2. The summed E-state index contributed by atoms with van der Waals surface area (Å²) in [5.74, 6) is -0.533. The van der Waals surface area contributed by atoms with Gasteiger partial charge in [0.25, 0.3) is 0 Å². The molecule has 1 amide bonds. The molecule has 0 atom stereocenters. The Morgan fingerprint density at radius 2 is 2.31 bits per heavy atom. The van der Waals surface area contributed by atoms with E-state index in [-0.39, 0.29) is 0 Å². The summed E-state index contributed by atoms with van der Waals surface area (Å²) in [6.45, 7) is 0. The van der Waals surface area contributed by atoms with Gasteiger partial charge in [-0.2, -0.15) is 0 Å². The van der Waals surface area contributed by atoms with Gasteiger partial charge in [0, 0.05) is 5.56 Å². The first-order chi connectivity index (χ1) is 6.18. The first-order valence-corrected chi connectivity index (χ1v) is 3.53. The lowest BCUT2D eigenvalue weighted by Gasteiger charge is -1.93. The zero-order chi connectivity index (χ0) is 9.42. The molecular formula is C7H6N4O2. The molecule has 0 spiro atoms. The Kier molecular flexibility index (Phi) is 1.42. The second-order valence-corrected chi connectivity index (χ2v) is 2.55. The van der Waals surface area contributed by atoms with E-state index in [1.165, 1.54) is 18.2 Å². The SMILES string of the molecule is NC(=O)c1ccc2c(c1)nnn2O. The highest BCUT2D eigenvalue weighted by Gasteiger charge is 2.06. The second-order valence-electron chi connectivity index (χ2n) is 2.55. The monoisotopic (exact) mass is 178 g/mol. The van der Waals surface area contributed by atoms with E-state index in [1.54, 1.807) is 0 Å². The number of aromatic nitrogens is 3. The van der Waals surface area contributed by atoms with E-state index >= 15 is 0 Å².